The van der Waals surface area contributed by atoms with Gasteiger partial charge in [-0.1, -0.05) is 0 Å². The van der Waals surface area contributed by atoms with E-state index in [1.54, 1.807) is 7.11 Å². The second-order valence-electron chi connectivity index (χ2n) is 4.00. The van der Waals surface area contributed by atoms with Gasteiger partial charge in [-0.3, -0.25) is 0 Å². The molecule has 0 aliphatic heterocycles. The van der Waals surface area contributed by atoms with Gasteiger partial charge < -0.3 is 14.8 Å². The number of amides is 1. The van der Waals surface area contributed by atoms with Gasteiger partial charge in [-0.15, -0.1) is 0 Å². The van der Waals surface area contributed by atoms with Gasteiger partial charge in [0.05, 0.1) is 12.6 Å². The number of nitrogens with one attached hydrogen (secondary N) is 1. The van der Waals surface area contributed by atoms with Crippen molar-refractivity contribution in [1.82, 2.24) is 5.32 Å². The zero-order chi connectivity index (χ0) is 10.5. The molecule has 0 spiro atoms. The number of carbonyl (C=O) groups excluding carboxylic acids is 1. The van der Waals surface area contributed by atoms with E-state index in [0.717, 1.165) is 0 Å². The van der Waals surface area contributed by atoms with Crippen LogP contribution in [0.3, 0.4) is 0 Å². The van der Waals surface area contributed by atoms with Crippen molar-refractivity contribution in [3.05, 3.63) is 0 Å². The van der Waals surface area contributed by atoms with Crippen molar-refractivity contribution in [3.8, 4) is 0 Å². The van der Waals surface area contributed by atoms with Crippen LogP contribution in [-0.2, 0) is 9.47 Å². The maximum atomic E-state index is 11.2. The second kappa shape index (κ2) is 5.07. The molecule has 0 heterocycles. The van der Waals surface area contributed by atoms with Crippen molar-refractivity contribution >= 4 is 6.09 Å². The van der Waals surface area contributed by atoms with E-state index >= 15 is 0 Å². The minimum atomic E-state index is -0.448. The molecule has 13 heavy (non-hydrogen) atoms. The molecule has 0 saturated carbocycles. The van der Waals surface area contributed by atoms with Crippen LogP contribution in [0.1, 0.15) is 27.7 Å². The van der Waals surface area contributed by atoms with Crippen LogP contribution < -0.4 is 5.32 Å². The maximum Gasteiger partial charge on any atom is 0.407 e. The molecule has 0 aromatic rings. The summed E-state index contributed by atoms with van der Waals surface area (Å²) in [6.45, 7) is 7.82. The van der Waals surface area contributed by atoms with E-state index in [1.807, 2.05) is 27.7 Å². The molecule has 1 N–H and O–H groups in total. The smallest absolute Gasteiger partial charge is 0.407 e. The van der Waals surface area contributed by atoms with Gasteiger partial charge >= 0.3 is 6.09 Å². The Hall–Kier alpha value is -0.770. The number of ether oxygens (including phenoxy) is 2. The summed E-state index contributed by atoms with van der Waals surface area (Å²) in [7, 11) is 1.59. The quantitative estimate of drug-likeness (QED) is 0.732. The monoisotopic (exact) mass is 189 g/mol. The minimum absolute atomic E-state index is 0.0279. The summed E-state index contributed by atoms with van der Waals surface area (Å²) in [6, 6.07) is -0.0279. The summed E-state index contributed by atoms with van der Waals surface area (Å²) >= 11 is 0. The van der Waals surface area contributed by atoms with Crippen LogP contribution in [0.2, 0.25) is 0 Å². The van der Waals surface area contributed by atoms with Gasteiger partial charge in [0.1, 0.15) is 5.60 Å². The SMILES string of the molecule is COCC(C)NC(=O)OC(C)(C)C. The predicted molar refractivity (Wildman–Crippen MR) is 50.7 cm³/mol. The van der Waals surface area contributed by atoms with E-state index in [0.29, 0.717) is 6.61 Å². The van der Waals surface area contributed by atoms with Crippen molar-refractivity contribution in [2.45, 2.75) is 39.3 Å². The zero-order valence-corrected chi connectivity index (χ0v) is 9.01. The van der Waals surface area contributed by atoms with Crippen molar-refractivity contribution in [1.29, 1.82) is 0 Å². The van der Waals surface area contributed by atoms with Crippen LogP contribution in [-0.4, -0.2) is 31.5 Å². The van der Waals surface area contributed by atoms with Crippen LogP contribution in [0, 0.1) is 0 Å². The fourth-order valence-electron chi connectivity index (χ4n) is 0.800. The highest BCUT2D eigenvalue weighted by molar-refractivity contribution is 5.68. The molecule has 78 valence electrons. The molecule has 1 unspecified atom stereocenters. The third-order valence-corrected chi connectivity index (χ3v) is 1.18. The molecule has 0 fully saturated rings. The highest BCUT2D eigenvalue weighted by Gasteiger charge is 2.17. The topological polar surface area (TPSA) is 47.6 Å². The lowest BCUT2D eigenvalue weighted by Gasteiger charge is -2.21. The fourth-order valence-corrected chi connectivity index (χ4v) is 0.800. The number of rotatable bonds is 3. The molecule has 0 bridgehead atoms. The van der Waals surface area contributed by atoms with Crippen LogP contribution in [0.25, 0.3) is 0 Å². The Bertz CT molecular complexity index is 163. The van der Waals surface area contributed by atoms with E-state index < -0.39 is 11.7 Å². The van der Waals surface area contributed by atoms with Crippen LogP contribution in [0.15, 0.2) is 0 Å². The molecule has 1 atom stereocenters. The number of methoxy groups -OCH3 is 1. The molecule has 0 saturated heterocycles. The molecule has 0 rings (SSSR count). The van der Waals surface area contributed by atoms with E-state index in [1.165, 1.54) is 0 Å². The molecule has 0 aliphatic rings. The van der Waals surface area contributed by atoms with E-state index in [4.69, 9.17) is 9.47 Å². The molecular weight excluding hydrogens is 170 g/mol. The van der Waals surface area contributed by atoms with Gasteiger partial charge in [0.2, 0.25) is 0 Å². The van der Waals surface area contributed by atoms with Crippen LogP contribution >= 0.6 is 0 Å². The second-order valence-corrected chi connectivity index (χ2v) is 4.00. The summed E-state index contributed by atoms with van der Waals surface area (Å²) < 4.78 is 9.91. The van der Waals surface area contributed by atoms with Crippen molar-refractivity contribution < 1.29 is 14.3 Å². The zero-order valence-electron chi connectivity index (χ0n) is 9.01. The lowest BCUT2D eigenvalue weighted by Crippen LogP contribution is -2.39. The highest BCUT2D eigenvalue weighted by Crippen LogP contribution is 2.06. The Morgan fingerprint density at radius 1 is 1.46 bits per heavy atom. The molecule has 4 nitrogen and oxygen atoms in total. The summed E-state index contributed by atoms with van der Waals surface area (Å²) in [6.07, 6.45) is -0.406. The first-order chi connectivity index (χ1) is 5.85. The molecular formula is C9H19NO3. The first-order valence-electron chi connectivity index (χ1n) is 4.33. The third kappa shape index (κ3) is 7.59. The first kappa shape index (κ1) is 12.2. The third-order valence-electron chi connectivity index (χ3n) is 1.18. The van der Waals surface area contributed by atoms with E-state index in [9.17, 15) is 4.79 Å². The first-order valence-corrected chi connectivity index (χ1v) is 4.33. The number of alkyl carbamates (subject to hydrolysis) is 1. The fraction of sp³-hybridized carbons (Fsp3) is 0.889. The van der Waals surface area contributed by atoms with Gasteiger partial charge in [-0.25, -0.2) is 4.79 Å². The van der Waals surface area contributed by atoms with Gasteiger partial charge in [-0.2, -0.15) is 0 Å². The molecule has 0 aromatic heterocycles. The van der Waals surface area contributed by atoms with Gasteiger partial charge in [-0.05, 0) is 27.7 Å². The summed E-state index contributed by atoms with van der Waals surface area (Å²) in [4.78, 5) is 11.2. The molecule has 0 aromatic carbocycles. The summed E-state index contributed by atoms with van der Waals surface area (Å²) in [5.41, 5.74) is -0.448. The van der Waals surface area contributed by atoms with Crippen LogP contribution in [0.4, 0.5) is 4.79 Å². The number of carbonyl (C=O) groups is 1. The Kier molecular flexibility index (Phi) is 4.77. The maximum absolute atomic E-state index is 11.2. The largest absolute Gasteiger partial charge is 0.444 e. The molecule has 0 radical (unpaired) electrons. The Labute approximate surface area is 79.6 Å². The summed E-state index contributed by atoms with van der Waals surface area (Å²) in [5.74, 6) is 0. The van der Waals surface area contributed by atoms with Gasteiger partial charge in [0, 0.05) is 7.11 Å². The Balaban J connectivity index is 3.74. The van der Waals surface area contributed by atoms with Gasteiger partial charge in [0.25, 0.3) is 0 Å². The summed E-state index contributed by atoms with van der Waals surface area (Å²) in [5, 5.41) is 2.65. The molecule has 1 amide bonds. The predicted octanol–water partition coefficient (Wildman–Crippen LogP) is 1.55. The number of hydrogen-bond acceptors (Lipinski definition) is 3. The number of hydrogen-bond donors (Lipinski definition) is 1. The lowest BCUT2D eigenvalue weighted by atomic mass is 10.2. The van der Waals surface area contributed by atoms with E-state index in [2.05, 4.69) is 5.32 Å². The molecule has 4 heteroatoms. The highest BCUT2D eigenvalue weighted by atomic mass is 16.6. The normalized spacial score (nSPS) is 13.6. The average molecular weight is 189 g/mol. The van der Waals surface area contributed by atoms with E-state index in [-0.39, 0.29) is 6.04 Å². The van der Waals surface area contributed by atoms with Gasteiger partial charge in [0.15, 0.2) is 0 Å². The van der Waals surface area contributed by atoms with Crippen molar-refractivity contribution in [3.63, 3.8) is 0 Å². The van der Waals surface area contributed by atoms with Crippen molar-refractivity contribution in [2.24, 2.45) is 0 Å². The van der Waals surface area contributed by atoms with Crippen LogP contribution in [0.5, 0.6) is 0 Å². The Morgan fingerprint density at radius 3 is 2.38 bits per heavy atom. The lowest BCUT2D eigenvalue weighted by molar-refractivity contribution is 0.0477. The average Bonchev–Trinajstić information content (AvgIpc) is 1.81. The Morgan fingerprint density at radius 2 is 2.00 bits per heavy atom. The van der Waals surface area contributed by atoms with Crippen molar-refractivity contribution in [2.75, 3.05) is 13.7 Å². The standard InChI is InChI=1S/C9H19NO3/c1-7(6-12-5)10-8(11)13-9(2,3)4/h7H,6H2,1-5H3,(H,10,11). The molecule has 0 aliphatic carbocycles. The minimum Gasteiger partial charge on any atom is -0.444 e.